The van der Waals surface area contributed by atoms with Gasteiger partial charge in [-0.05, 0) is 41.7 Å². The lowest BCUT2D eigenvalue weighted by Gasteiger charge is -2.23. The molecule has 1 atom stereocenters. The van der Waals surface area contributed by atoms with Crippen molar-refractivity contribution in [2.45, 2.75) is 44.6 Å². The largest absolute Gasteiger partial charge is 0.316 e. The van der Waals surface area contributed by atoms with Crippen molar-refractivity contribution in [3.05, 3.63) is 74.3 Å². The molecule has 0 amide bonds. The standard InChI is InChI=1S/C21H25N3O4S/c1-4-5-14-6-8-15(9-7-14)19(13(2)3)24-29(27,28)16-10-11-17-18(12-16)23-21(26)20(25)22-17/h6-13,19,24H,4-5H2,1-3H3,(H,22,25)(H,23,26). The van der Waals surface area contributed by atoms with Crippen LogP contribution in [0.3, 0.4) is 0 Å². The van der Waals surface area contributed by atoms with Crippen LogP contribution in [0.25, 0.3) is 11.0 Å². The lowest BCUT2D eigenvalue weighted by Crippen LogP contribution is -2.32. The number of sulfonamides is 1. The van der Waals surface area contributed by atoms with E-state index in [9.17, 15) is 18.0 Å². The molecule has 0 saturated carbocycles. The molecule has 2 aromatic carbocycles. The van der Waals surface area contributed by atoms with Gasteiger partial charge in [0.15, 0.2) is 0 Å². The highest BCUT2D eigenvalue weighted by atomic mass is 32.2. The first-order chi connectivity index (χ1) is 13.7. The predicted octanol–water partition coefficient (Wildman–Crippen LogP) is 2.84. The maximum Gasteiger partial charge on any atom is 0.314 e. The van der Waals surface area contributed by atoms with E-state index < -0.39 is 27.2 Å². The number of aryl methyl sites for hydroxylation is 1. The first-order valence-electron chi connectivity index (χ1n) is 9.59. The van der Waals surface area contributed by atoms with Crippen molar-refractivity contribution >= 4 is 21.1 Å². The monoisotopic (exact) mass is 415 g/mol. The Labute approximate surface area is 169 Å². The topological polar surface area (TPSA) is 112 Å². The molecule has 8 heteroatoms. The molecule has 7 nitrogen and oxygen atoms in total. The zero-order chi connectivity index (χ0) is 21.2. The fourth-order valence-corrected chi connectivity index (χ4v) is 4.66. The van der Waals surface area contributed by atoms with Crippen molar-refractivity contribution in [1.82, 2.24) is 14.7 Å². The molecular weight excluding hydrogens is 390 g/mol. The molecule has 0 aliphatic rings. The van der Waals surface area contributed by atoms with Gasteiger partial charge >= 0.3 is 11.1 Å². The Morgan fingerprint density at radius 1 is 0.931 bits per heavy atom. The first-order valence-corrected chi connectivity index (χ1v) is 11.1. The Balaban J connectivity index is 1.94. The van der Waals surface area contributed by atoms with Gasteiger partial charge in [0.05, 0.1) is 15.9 Å². The van der Waals surface area contributed by atoms with Gasteiger partial charge in [0.25, 0.3) is 0 Å². The highest BCUT2D eigenvalue weighted by Gasteiger charge is 2.24. The van der Waals surface area contributed by atoms with Crippen LogP contribution in [0.2, 0.25) is 0 Å². The number of hydrogen-bond acceptors (Lipinski definition) is 4. The van der Waals surface area contributed by atoms with Gasteiger partial charge < -0.3 is 9.97 Å². The molecular formula is C21H25N3O4S. The van der Waals surface area contributed by atoms with Crippen LogP contribution < -0.4 is 15.8 Å². The molecule has 0 fully saturated rings. The minimum atomic E-state index is -3.85. The molecule has 1 aromatic heterocycles. The minimum Gasteiger partial charge on any atom is -0.316 e. The van der Waals surface area contributed by atoms with Crippen molar-refractivity contribution < 1.29 is 8.42 Å². The van der Waals surface area contributed by atoms with E-state index in [1.165, 1.54) is 23.8 Å². The summed E-state index contributed by atoms with van der Waals surface area (Å²) < 4.78 is 28.8. The molecule has 1 heterocycles. The number of benzene rings is 2. The normalized spacial score (nSPS) is 13.1. The molecule has 154 valence electrons. The molecule has 0 spiro atoms. The summed E-state index contributed by atoms with van der Waals surface area (Å²) >= 11 is 0. The highest BCUT2D eigenvalue weighted by molar-refractivity contribution is 7.89. The van der Waals surface area contributed by atoms with Gasteiger partial charge in [-0.3, -0.25) is 9.59 Å². The number of rotatable bonds is 7. The molecule has 0 aliphatic heterocycles. The Hall–Kier alpha value is -2.71. The molecule has 29 heavy (non-hydrogen) atoms. The summed E-state index contributed by atoms with van der Waals surface area (Å²) in [6.07, 6.45) is 2.03. The van der Waals surface area contributed by atoms with E-state index in [0.29, 0.717) is 5.52 Å². The van der Waals surface area contributed by atoms with E-state index >= 15 is 0 Å². The van der Waals surface area contributed by atoms with E-state index in [1.807, 2.05) is 38.1 Å². The van der Waals surface area contributed by atoms with Gasteiger partial charge in [0, 0.05) is 6.04 Å². The Morgan fingerprint density at radius 3 is 2.14 bits per heavy atom. The van der Waals surface area contributed by atoms with Crippen molar-refractivity contribution in [3.8, 4) is 0 Å². The minimum absolute atomic E-state index is 0.0148. The summed E-state index contributed by atoms with van der Waals surface area (Å²) in [6.45, 7) is 6.02. The third kappa shape index (κ3) is 4.65. The number of fused-ring (bicyclic) bond motifs is 1. The molecule has 3 rings (SSSR count). The molecule has 0 bridgehead atoms. The van der Waals surface area contributed by atoms with Gasteiger partial charge in [-0.25, -0.2) is 13.1 Å². The van der Waals surface area contributed by atoms with Crippen molar-refractivity contribution in [2.24, 2.45) is 5.92 Å². The van der Waals surface area contributed by atoms with Gasteiger partial charge in [-0.15, -0.1) is 0 Å². The maximum absolute atomic E-state index is 13.0. The summed E-state index contributed by atoms with van der Waals surface area (Å²) in [5.74, 6) is 0.0263. The second-order valence-electron chi connectivity index (χ2n) is 7.45. The summed E-state index contributed by atoms with van der Waals surface area (Å²) in [5.41, 5.74) is 1.11. The van der Waals surface area contributed by atoms with E-state index in [2.05, 4.69) is 21.6 Å². The van der Waals surface area contributed by atoms with Gasteiger partial charge in [0.1, 0.15) is 0 Å². The summed E-state index contributed by atoms with van der Waals surface area (Å²) in [5, 5.41) is 0. The fourth-order valence-electron chi connectivity index (χ4n) is 3.27. The number of hydrogen-bond donors (Lipinski definition) is 3. The third-order valence-electron chi connectivity index (χ3n) is 4.83. The second kappa shape index (κ2) is 8.34. The van der Waals surface area contributed by atoms with E-state index in [-0.39, 0.29) is 16.3 Å². The molecule has 0 aliphatic carbocycles. The summed E-state index contributed by atoms with van der Waals surface area (Å²) in [6, 6.07) is 11.8. The molecule has 0 radical (unpaired) electrons. The van der Waals surface area contributed by atoms with Crippen molar-refractivity contribution in [3.63, 3.8) is 0 Å². The van der Waals surface area contributed by atoms with Crippen LogP contribution in [-0.4, -0.2) is 18.4 Å². The number of H-pyrrole nitrogens is 2. The SMILES string of the molecule is CCCc1ccc(C(NS(=O)(=O)c2ccc3[nH]c(=O)c(=O)[nH]c3c2)C(C)C)cc1. The zero-order valence-corrected chi connectivity index (χ0v) is 17.5. The lowest BCUT2D eigenvalue weighted by molar-refractivity contribution is 0.463. The van der Waals surface area contributed by atoms with E-state index in [0.717, 1.165) is 18.4 Å². The van der Waals surface area contributed by atoms with Crippen LogP contribution in [0.15, 0.2) is 56.9 Å². The van der Waals surface area contributed by atoms with Crippen molar-refractivity contribution in [1.29, 1.82) is 0 Å². The van der Waals surface area contributed by atoms with Crippen LogP contribution in [0, 0.1) is 5.92 Å². The van der Waals surface area contributed by atoms with Crippen LogP contribution >= 0.6 is 0 Å². The van der Waals surface area contributed by atoms with Crippen molar-refractivity contribution in [2.75, 3.05) is 0 Å². The Kier molecular flexibility index (Phi) is 6.04. The van der Waals surface area contributed by atoms with E-state index in [4.69, 9.17) is 0 Å². The van der Waals surface area contributed by atoms with E-state index in [1.54, 1.807) is 0 Å². The summed E-state index contributed by atoms with van der Waals surface area (Å²) in [7, 11) is -3.85. The van der Waals surface area contributed by atoms with Gasteiger partial charge in [-0.2, -0.15) is 0 Å². The molecule has 1 unspecified atom stereocenters. The summed E-state index contributed by atoms with van der Waals surface area (Å²) in [4.78, 5) is 27.8. The smallest absolute Gasteiger partial charge is 0.314 e. The first kappa shape index (κ1) is 21.0. The quantitative estimate of drug-likeness (QED) is 0.515. The second-order valence-corrected chi connectivity index (χ2v) is 9.16. The Morgan fingerprint density at radius 2 is 1.55 bits per heavy atom. The maximum atomic E-state index is 13.0. The molecule has 3 N–H and O–H groups in total. The number of aromatic nitrogens is 2. The van der Waals surface area contributed by atoms with Crippen LogP contribution in [0.4, 0.5) is 0 Å². The number of aromatic amines is 2. The molecule has 3 aromatic rings. The molecule has 0 saturated heterocycles. The van der Waals surface area contributed by atoms with Crippen LogP contribution in [0.1, 0.15) is 44.4 Å². The number of nitrogens with one attached hydrogen (secondary N) is 3. The predicted molar refractivity (Wildman–Crippen MR) is 114 cm³/mol. The highest BCUT2D eigenvalue weighted by Crippen LogP contribution is 2.25. The third-order valence-corrected chi connectivity index (χ3v) is 6.27. The Bertz CT molecular complexity index is 1230. The fraction of sp³-hybridized carbons (Fsp3) is 0.333. The average Bonchev–Trinajstić information content (AvgIpc) is 2.67. The van der Waals surface area contributed by atoms with Crippen LogP contribution in [0.5, 0.6) is 0 Å². The average molecular weight is 416 g/mol. The van der Waals surface area contributed by atoms with Gasteiger partial charge in [0.2, 0.25) is 10.0 Å². The zero-order valence-electron chi connectivity index (χ0n) is 16.7. The lowest BCUT2D eigenvalue weighted by atomic mass is 9.95. The van der Waals surface area contributed by atoms with Gasteiger partial charge in [-0.1, -0.05) is 51.5 Å². The van der Waals surface area contributed by atoms with Crippen LogP contribution in [-0.2, 0) is 16.4 Å².